The van der Waals surface area contributed by atoms with E-state index in [0.29, 0.717) is 28.0 Å². The summed E-state index contributed by atoms with van der Waals surface area (Å²) in [5, 5.41) is 2.76. The number of anilines is 2. The second-order valence-electron chi connectivity index (χ2n) is 6.29. The molecule has 0 aliphatic rings. The third kappa shape index (κ3) is 4.04. The topological polar surface area (TPSA) is 124 Å². The van der Waals surface area contributed by atoms with E-state index in [0.717, 1.165) is 0 Å². The van der Waals surface area contributed by atoms with Crippen molar-refractivity contribution in [3.63, 3.8) is 0 Å². The van der Waals surface area contributed by atoms with Gasteiger partial charge in [-0.25, -0.2) is 13.2 Å². The SMILES string of the molecule is O=C(Nc1ccccc1)c1ccc(NS(=O)(=O)c2ccc3[nH]c(=O)[nH]c3c2)cc1. The van der Waals surface area contributed by atoms with E-state index in [9.17, 15) is 18.0 Å². The molecule has 1 amide bonds. The van der Waals surface area contributed by atoms with Crippen molar-refractivity contribution in [3.05, 3.63) is 88.8 Å². The molecule has 4 rings (SSSR count). The summed E-state index contributed by atoms with van der Waals surface area (Å²) in [6.07, 6.45) is 0. The van der Waals surface area contributed by atoms with E-state index in [1.165, 1.54) is 42.5 Å². The first-order valence-corrected chi connectivity index (χ1v) is 10.1. The number of sulfonamides is 1. The maximum Gasteiger partial charge on any atom is 0.323 e. The number of aromatic nitrogens is 2. The molecule has 0 aliphatic heterocycles. The smallest absolute Gasteiger partial charge is 0.322 e. The summed E-state index contributed by atoms with van der Waals surface area (Å²) in [4.78, 5) is 28.7. The average Bonchev–Trinajstić information content (AvgIpc) is 3.08. The van der Waals surface area contributed by atoms with Crippen LogP contribution in [-0.2, 0) is 10.0 Å². The Balaban J connectivity index is 1.51. The highest BCUT2D eigenvalue weighted by Gasteiger charge is 2.16. The number of carbonyl (C=O) groups is 1. The van der Waals surface area contributed by atoms with Crippen LogP contribution in [0.1, 0.15) is 10.4 Å². The Morgan fingerprint density at radius 3 is 2.21 bits per heavy atom. The van der Waals surface area contributed by atoms with Gasteiger partial charge in [0.1, 0.15) is 0 Å². The summed E-state index contributed by atoms with van der Waals surface area (Å²) in [6.45, 7) is 0. The van der Waals surface area contributed by atoms with Crippen LogP contribution in [-0.4, -0.2) is 24.3 Å². The van der Waals surface area contributed by atoms with E-state index in [1.807, 2.05) is 18.2 Å². The lowest BCUT2D eigenvalue weighted by atomic mass is 10.2. The molecule has 0 radical (unpaired) electrons. The maximum absolute atomic E-state index is 12.6. The van der Waals surface area contributed by atoms with Crippen molar-refractivity contribution in [1.82, 2.24) is 9.97 Å². The van der Waals surface area contributed by atoms with Crippen LogP contribution in [0, 0.1) is 0 Å². The fraction of sp³-hybridized carbons (Fsp3) is 0. The Kier molecular flexibility index (Phi) is 4.65. The predicted octanol–water partition coefficient (Wildman–Crippen LogP) is 2.91. The Bertz CT molecular complexity index is 1340. The minimum Gasteiger partial charge on any atom is -0.322 e. The first-order chi connectivity index (χ1) is 13.9. The number of benzene rings is 3. The molecule has 29 heavy (non-hydrogen) atoms. The largest absolute Gasteiger partial charge is 0.323 e. The molecule has 0 spiro atoms. The molecule has 1 heterocycles. The van der Waals surface area contributed by atoms with Crippen LogP contribution in [0.15, 0.2) is 82.5 Å². The summed E-state index contributed by atoms with van der Waals surface area (Å²) >= 11 is 0. The summed E-state index contributed by atoms with van der Waals surface area (Å²) in [6, 6.07) is 19.4. The van der Waals surface area contributed by atoms with Crippen LogP contribution in [0.5, 0.6) is 0 Å². The monoisotopic (exact) mass is 408 g/mol. The number of nitrogens with one attached hydrogen (secondary N) is 4. The first kappa shape index (κ1) is 18.5. The molecule has 0 bridgehead atoms. The summed E-state index contributed by atoms with van der Waals surface area (Å²) < 4.78 is 27.7. The second-order valence-corrected chi connectivity index (χ2v) is 7.97. The Morgan fingerprint density at radius 2 is 1.48 bits per heavy atom. The molecule has 8 nitrogen and oxygen atoms in total. The van der Waals surface area contributed by atoms with Gasteiger partial charge < -0.3 is 15.3 Å². The van der Waals surface area contributed by atoms with Crippen molar-refractivity contribution in [2.75, 3.05) is 10.0 Å². The molecule has 4 aromatic rings. The number of carbonyl (C=O) groups excluding carboxylic acids is 1. The first-order valence-electron chi connectivity index (χ1n) is 8.62. The van der Waals surface area contributed by atoms with Gasteiger partial charge in [-0.3, -0.25) is 9.52 Å². The molecule has 0 fully saturated rings. The predicted molar refractivity (Wildman–Crippen MR) is 111 cm³/mol. The van der Waals surface area contributed by atoms with Crippen LogP contribution in [0.4, 0.5) is 11.4 Å². The molecule has 0 aliphatic carbocycles. The van der Waals surface area contributed by atoms with E-state index in [4.69, 9.17) is 0 Å². The van der Waals surface area contributed by atoms with Crippen LogP contribution < -0.4 is 15.7 Å². The van der Waals surface area contributed by atoms with Gasteiger partial charge in [0.05, 0.1) is 15.9 Å². The van der Waals surface area contributed by atoms with Crippen molar-refractivity contribution < 1.29 is 13.2 Å². The van der Waals surface area contributed by atoms with Gasteiger partial charge in [0.15, 0.2) is 0 Å². The lowest BCUT2D eigenvalue weighted by Crippen LogP contribution is -2.14. The highest BCUT2D eigenvalue weighted by Crippen LogP contribution is 2.20. The fourth-order valence-electron chi connectivity index (χ4n) is 2.81. The summed E-state index contributed by atoms with van der Waals surface area (Å²) in [5.74, 6) is -0.299. The quantitative estimate of drug-likeness (QED) is 0.405. The zero-order valence-electron chi connectivity index (χ0n) is 15.0. The van der Waals surface area contributed by atoms with Gasteiger partial charge in [0.2, 0.25) is 0 Å². The van der Waals surface area contributed by atoms with E-state index >= 15 is 0 Å². The molecule has 146 valence electrons. The third-order valence-electron chi connectivity index (χ3n) is 4.23. The Labute approximate surface area is 165 Å². The van der Waals surface area contributed by atoms with E-state index in [1.54, 1.807) is 12.1 Å². The number of imidazole rings is 1. The van der Waals surface area contributed by atoms with Crippen molar-refractivity contribution in [2.45, 2.75) is 4.90 Å². The molecule has 4 N–H and O–H groups in total. The highest BCUT2D eigenvalue weighted by molar-refractivity contribution is 7.92. The number of aromatic amines is 2. The average molecular weight is 408 g/mol. The van der Waals surface area contributed by atoms with Crippen molar-refractivity contribution >= 4 is 38.3 Å². The van der Waals surface area contributed by atoms with E-state index in [2.05, 4.69) is 20.0 Å². The fourth-order valence-corrected chi connectivity index (χ4v) is 3.89. The van der Waals surface area contributed by atoms with Gasteiger partial charge in [-0.1, -0.05) is 18.2 Å². The van der Waals surface area contributed by atoms with Crippen molar-refractivity contribution in [3.8, 4) is 0 Å². The molecule has 0 unspecified atom stereocenters. The number of para-hydroxylation sites is 1. The van der Waals surface area contributed by atoms with E-state index in [-0.39, 0.29) is 10.8 Å². The van der Waals surface area contributed by atoms with Crippen LogP contribution in [0.2, 0.25) is 0 Å². The number of amides is 1. The lowest BCUT2D eigenvalue weighted by Gasteiger charge is -2.09. The highest BCUT2D eigenvalue weighted by atomic mass is 32.2. The van der Waals surface area contributed by atoms with Gasteiger partial charge in [0, 0.05) is 16.9 Å². The molecule has 0 saturated heterocycles. The van der Waals surface area contributed by atoms with Crippen molar-refractivity contribution in [2.24, 2.45) is 0 Å². The van der Waals surface area contributed by atoms with Crippen molar-refractivity contribution in [1.29, 1.82) is 0 Å². The number of hydrogen-bond donors (Lipinski definition) is 4. The molecular weight excluding hydrogens is 392 g/mol. The molecule has 0 saturated carbocycles. The molecule has 3 aromatic carbocycles. The number of fused-ring (bicyclic) bond motifs is 1. The standard InChI is InChI=1S/C20H16N4O4S/c25-19(21-14-4-2-1-3-5-14)13-6-8-15(9-7-13)24-29(27,28)16-10-11-17-18(12-16)23-20(26)22-17/h1-12,24H,(H,21,25)(H2,22,23,26). The van der Waals surface area contributed by atoms with Gasteiger partial charge in [-0.05, 0) is 54.6 Å². The van der Waals surface area contributed by atoms with Gasteiger partial charge in [0.25, 0.3) is 15.9 Å². The zero-order chi connectivity index (χ0) is 20.4. The molecule has 0 atom stereocenters. The van der Waals surface area contributed by atoms with Gasteiger partial charge in [-0.2, -0.15) is 0 Å². The number of hydrogen-bond acceptors (Lipinski definition) is 4. The Morgan fingerprint density at radius 1 is 0.793 bits per heavy atom. The summed E-state index contributed by atoms with van der Waals surface area (Å²) in [5.41, 5.74) is 1.87. The molecule has 1 aromatic heterocycles. The van der Waals surface area contributed by atoms with Crippen LogP contribution in [0.3, 0.4) is 0 Å². The lowest BCUT2D eigenvalue weighted by molar-refractivity contribution is 0.102. The Hall–Kier alpha value is -3.85. The van der Waals surface area contributed by atoms with E-state index < -0.39 is 15.7 Å². The van der Waals surface area contributed by atoms with Crippen LogP contribution in [0.25, 0.3) is 11.0 Å². The molecule has 9 heteroatoms. The number of rotatable bonds is 5. The molecular formula is C20H16N4O4S. The van der Waals surface area contributed by atoms with Crippen LogP contribution >= 0.6 is 0 Å². The second kappa shape index (κ2) is 7.28. The third-order valence-corrected chi connectivity index (χ3v) is 5.61. The minimum atomic E-state index is -3.86. The normalized spacial score (nSPS) is 11.3. The maximum atomic E-state index is 12.6. The zero-order valence-corrected chi connectivity index (χ0v) is 15.8. The minimum absolute atomic E-state index is 0.00569. The van der Waals surface area contributed by atoms with Gasteiger partial charge in [-0.15, -0.1) is 0 Å². The number of H-pyrrole nitrogens is 2. The van der Waals surface area contributed by atoms with Gasteiger partial charge >= 0.3 is 5.69 Å². The summed E-state index contributed by atoms with van der Waals surface area (Å²) in [7, 11) is -3.86.